The molecule has 0 radical (unpaired) electrons. The third kappa shape index (κ3) is 2.33. The number of carbonyl (C=O) groups is 2. The zero-order chi connectivity index (χ0) is 13.3. The number of ether oxygens (including phenoxy) is 1. The standard InChI is InChI=1S/C12H15NO4S/c1-7-5-8(17-2)9(18-7)10(14)13-6-12(3-4-12)11(15)16/h5H,3-4,6H2,1-2H3,(H,13,14)(H,15,16). The second kappa shape index (κ2) is 4.61. The van der Waals surface area contributed by atoms with Crippen LogP contribution in [0.15, 0.2) is 6.07 Å². The SMILES string of the molecule is COc1cc(C)sc1C(=O)NCC1(C(=O)O)CC1. The molecule has 0 saturated heterocycles. The zero-order valence-electron chi connectivity index (χ0n) is 10.3. The molecule has 2 N–H and O–H groups in total. The highest BCUT2D eigenvalue weighted by molar-refractivity contribution is 7.14. The van der Waals surface area contributed by atoms with E-state index in [1.54, 1.807) is 6.07 Å². The molecule has 1 amide bonds. The largest absolute Gasteiger partial charge is 0.495 e. The van der Waals surface area contributed by atoms with Crippen molar-refractivity contribution in [3.8, 4) is 5.75 Å². The van der Waals surface area contributed by atoms with Gasteiger partial charge in [0.15, 0.2) is 0 Å². The lowest BCUT2D eigenvalue weighted by Crippen LogP contribution is -2.33. The second-order valence-electron chi connectivity index (χ2n) is 4.52. The fourth-order valence-corrected chi connectivity index (χ4v) is 2.64. The number of rotatable bonds is 5. The number of thiophene rings is 1. The van der Waals surface area contributed by atoms with Crippen LogP contribution in [0.4, 0.5) is 0 Å². The van der Waals surface area contributed by atoms with Crippen LogP contribution in [0.25, 0.3) is 0 Å². The van der Waals surface area contributed by atoms with Gasteiger partial charge in [-0.15, -0.1) is 11.3 Å². The lowest BCUT2D eigenvalue weighted by atomic mass is 10.1. The molecule has 0 spiro atoms. The maximum Gasteiger partial charge on any atom is 0.311 e. The molecule has 1 saturated carbocycles. The van der Waals surface area contributed by atoms with E-state index in [4.69, 9.17) is 9.84 Å². The molecule has 1 aromatic heterocycles. The Kier molecular flexibility index (Phi) is 3.30. The Morgan fingerprint density at radius 3 is 2.72 bits per heavy atom. The highest BCUT2D eigenvalue weighted by atomic mass is 32.1. The summed E-state index contributed by atoms with van der Waals surface area (Å²) < 4.78 is 5.12. The first kappa shape index (κ1) is 12.9. The molecule has 0 aliphatic heterocycles. The quantitative estimate of drug-likeness (QED) is 0.852. The lowest BCUT2D eigenvalue weighted by molar-refractivity contribution is -0.143. The van der Waals surface area contributed by atoms with Crippen molar-refractivity contribution in [1.29, 1.82) is 0 Å². The maximum atomic E-state index is 12.0. The lowest BCUT2D eigenvalue weighted by Gasteiger charge is -2.10. The minimum Gasteiger partial charge on any atom is -0.495 e. The predicted molar refractivity (Wildman–Crippen MR) is 67.2 cm³/mol. The van der Waals surface area contributed by atoms with E-state index in [2.05, 4.69) is 5.32 Å². The van der Waals surface area contributed by atoms with E-state index in [0.717, 1.165) is 4.88 Å². The van der Waals surface area contributed by atoms with Gasteiger partial charge in [-0.05, 0) is 25.8 Å². The second-order valence-corrected chi connectivity index (χ2v) is 5.78. The number of hydrogen-bond acceptors (Lipinski definition) is 4. The van der Waals surface area contributed by atoms with Crippen molar-refractivity contribution >= 4 is 23.2 Å². The molecule has 5 nitrogen and oxygen atoms in total. The van der Waals surface area contributed by atoms with Crippen LogP contribution in [0, 0.1) is 12.3 Å². The van der Waals surface area contributed by atoms with Crippen molar-refractivity contribution in [2.45, 2.75) is 19.8 Å². The molecule has 0 aromatic carbocycles. The summed E-state index contributed by atoms with van der Waals surface area (Å²) >= 11 is 1.34. The molecule has 2 rings (SSSR count). The first-order valence-electron chi connectivity index (χ1n) is 5.64. The predicted octanol–water partition coefficient (Wildman–Crippen LogP) is 1.66. The average molecular weight is 269 g/mol. The summed E-state index contributed by atoms with van der Waals surface area (Å²) in [6, 6.07) is 1.80. The molecular formula is C12H15NO4S. The zero-order valence-corrected chi connectivity index (χ0v) is 11.1. The third-order valence-electron chi connectivity index (χ3n) is 3.14. The Morgan fingerprint density at radius 2 is 2.22 bits per heavy atom. The minimum absolute atomic E-state index is 0.182. The topological polar surface area (TPSA) is 75.6 Å². The minimum atomic E-state index is -0.836. The smallest absolute Gasteiger partial charge is 0.311 e. The summed E-state index contributed by atoms with van der Waals surface area (Å²) in [5.41, 5.74) is -0.741. The molecule has 1 aromatic rings. The van der Waals surface area contributed by atoms with E-state index in [9.17, 15) is 9.59 Å². The van der Waals surface area contributed by atoms with Crippen molar-refractivity contribution < 1.29 is 19.4 Å². The van der Waals surface area contributed by atoms with Gasteiger partial charge >= 0.3 is 5.97 Å². The number of aliphatic carboxylic acids is 1. The number of aryl methyl sites for hydroxylation is 1. The van der Waals surface area contributed by atoms with Crippen LogP contribution in [-0.2, 0) is 4.79 Å². The number of nitrogens with one attached hydrogen (secondary N) is 1. The fraction of sp³-hybridized carbons (Fsp3) is 0.500. The van der Waals surface area contributed by atoms with Gasteiger partial charge in [-0.25, -0.2) is 0 Å². The highest BCUT2D eigenvalue weighted by Crippen LogP contribution is 2.45. The first-order valence-corrected chi connectivity index (χ1v) is 6.46. The Morgan fingerprint density at radius 1 is 1.56 bits per heavy atom. The molecule has 1 aliphatic rings. The summed E-state index contributed by atoms with van der Waals surface area (Å²) in [6.07, 6.45) is 1.26. The Balaban J connectivity index is 2.02. The summed E-state index contributed by atoms with van der Waals surface area (Å²) in [4.78, 5) is 24.4. The first-order chi connectivity index (χ1) is 8.48. The van der Waals surface area contributed by atoms with Gasteiger partial charge < -0.3 is 15.2 Å². The van der Waals surface area contributed by atoms with Gasteiger partial charge in [-0.2, -0.15) is 0 Å². The average Bonchev–Trinajstić information content (AvgIpc) is 3.03. The monoisotopic (exact) mass is 269 g/mol. The van der Waals surface area contributed by atoms with Crippen LogP contribution < -0.4 is 10.1 Å². The number of carbonyl (C=O) groups excluding carboxylic acids is 1. The van der Waals surface area contributed by atoms with E-state index in [1.165, 1.54) is 18.4 Å². The number of carboxylic acids is 1. The van der Waals surface area contributed by atoms with Crippen molar-refractivity contribution in [3.63, 3.8) is 0 Å². The number of amides is 1. The molecule has 0 bridgehead atoms. The van der Waals surface area contributed by atoms with Gasteiger partial charge in [0, 0.05) is 11.4 Å². The molecule has 1 heterocycles. The molecular weight excluding hydrogens is 254 g/mol. The summed E-state index contributed by atoms with van der Waals surface area (Å²) in [5, 5.41) is 11.7. The van der Waals surface area contributed by atoms with Crippen LogP contribution >= 0.6 is 11.3 Å². The van der Waals surface area contributed by atoms with E-state index in [1.807, 2.05) is 6.92 Å². The van der Waals surface area contributed by atoms with Crippen molar-refractivity contribution in [3.05, 3.63) is 15.8 Å². The van der Waals surface area contributed by atoms with E-state index in [0.29, 0.717) is 23.5 Å². The summed E-state index contributed by atoms with van der Waals surface area (Å²) in [7, 11) is 1.51. The number of carboxylic acid groups (broad SMARTS) is 1. The number of hydrogen-bond donors (Lipinski definition) is 2. The summed E-state index contributed by atoms with van der Waals surface area (Å²) in [6.45, 7) is 2.07. The Labute approximate surface area is 109 Å². The van der Waals surface area contributed by atoms with E-state index < -0.39 is 11.4 Å². The van der Waals surface area contributed by atoms with Gasteiger partial charge in [-0.3, -0.25) is 9.59 Å². The summed E-state index contributed by atoms with van der Waals surface area (Å²) in [5.74, 6) is -0.565. The number of methoxy groups -OCH3 is 1. The maximum absolute atomic E-state index is 12.0. The van der Waals surface area contributed by atoms with Crippen LogP contribution in [0.3, 0.4) is 0 Å². The third-order valence-corrected chi connectivity index (χ3v) is 4.17. The molecule has 1 aliphatic carbocycles. The molecule has 6 heteroatoms. The Hall–Kier alpha value is -1.56. The van der Waals surface area contributed by atoms with Gasteiger partial charge in [0.05, 0.1) is 12.5 Å². The fourth-order valence-electron chi connectivity index (χ4n) is 1.75. The van der Waals surface area contributed by atoms with E-state index >= 15 is 0 Å². The molecule has 0 unspecified atom stereocenters. The van der Waals surface area contributed by atoms with Crippen molar-refractivity contribution in [2.24, 2.45) is 5.41 Å². The van der Waals surface area contributed by atoms with E-state index in [-0.39, 0.29) is 12.5 Å². The van der Waals surface area contributed by atoms with Gasteiger partial charge in [0.1, 0.15) is 10.6 Å². The van der Waals surface area contributed by atoms with Crippen LogP contribution in [0.2, 0.25) is 0 Å². The highest BCUT2D eigenvalue weighted by Gasteiger charge is 2.50. The van der Waals surface area contributed by atoms with Crippen LogP contribution in [-0.4, -0.2) is 30.6 Å². The van der Waals surface area contributed by atoms with Gasteiger partial charge in [0.25, 0.3) is 5.91 Å². The molecule has 18 heavy (non-hydrogen) atoms. The molecule has 98 valence electrons. The van der Waals surface area contributed by atoms with Crippen molar-refractivity contribution in [1.82, 2.24) is 5.32 Å². The van der Waals surface area contributed by atoms with Gasteiger partial charge in [0.2, 0.25) is 0 Å². The molecule has 0 atom stereocenters. The normalized spacial score (nSPS) is 16.1. The van der Waals surface area contributed by atoms with Crippen molar-refractivity contribution in [2.75, 3.05) is 13.7 Å². The van der Waals surface area contributed by atoms with Crippen LogP contribution in [0.5, 0.6) is 5.75 Å². The van der Waals surface area contributed by atoms with Gasteiger partial charge in [-0.1, -0.05) is 0 Å². The molecule has 1 fully saturated rings. The Bertz CT molecular complexity index is 490. The van der Waals surface area contributed by atoms with Crippen LogP contribution in [0.1, 0.15) is 27.4 Å².